The first-order chi connectivity index (χ1) is 9.72. The molecule has 0 unspecified atom stereocenters. The monoisotopic (exact) mass is 295 g/mol. The third-order valence-corrected chi connectivity index (χ3v) is 4.80. The lowest BCUT2D eigenvalue weighted by Crippen LogP contribution is -2.16. The number of thioether (sulfide) groups is 1. The van der Waals surface area contributed by atoms with E-state index in [0.717, 1.165) is 0 Å². The predicted molar refractivity (Wildman–Crippen MR) is 82.9 cm³/mol. The zero-order chi connectivity index (χ0) is 14.4. The van der Waals surface area contributed by atoms with E-state index in [-0.39, 0.29) is 5.91 Å². The highest BCUT2D eigenvalue weighted by molar-refractivity contribution is 8.00. The first-order valence-electron chi connectivity index (χ1n) is 6.86. The fourth-order valence-electron chi connectivity index (χ4n) is 2.35. The van der Waals surface area contributed by atoms with Gasteiger partial charge in [-0.25, -0.2) is 0 Å². The number of hydrogen-bond donors (Lipinski definition) is 1. The molecule has 4 nitrogen and oxygen atoms in total. The van der Waals surface area contributed by atoms with Gasteiger partial charge in [0.2, 0.25) is 5.91 Å². The Kier molecular flexibility index (Phi) is 5.59. The van der Waals surface area contributed by atoms with Gasteiger partial charge in [0.25, 0.3) is 0 Å². The van der Waals surface area contributed by atoms with Gasteiger partial charge in [0.05, 0.1) is 25.7 Å². The molecule has 2 rings (SSSR count). The first kappa shape index (κ1) is 15.0. The Morgan fingerprint density at radius 3 is 2.70 bits per heavy atom. The lowest BCUT2D eigenvalue weighted by Gasteiger charge is -2.12. The van der Waals surface area contributed by atoms with Crippen molar-refractivity contribution in [2.24, 2.45) is 0 Å². The number of anilines is 1. The van der Waals surface area contributed by atoms with E-state index in [4.69, 9.17) is 9.47 Å². The van der Waals surface area contributed by atoms with Gasteiger partial charge in [-0.15, -0.1) is 11.8 Å². The summed E-state index contributed by atoms with van der Waals surface area (Å²) in [5, 5.41) is 3.54. The minimum absolute atomic E-state index is 0.00783. The summed E-state index contributed by atoms with van der Waals surface area (Å²) in [5.41, 5.74) is 0.656. The van der Waals surface area contributed by atoms with Gasteiger partial charge in [0.1, 0.15) is 11.5 Å². The van der Waals surface area contributed by atoms with Gasteiger partial charge in [0.15, 0.2) is 0 Å². The highest BCUT2D eigenvalue weighted by Gasteiger charge is 2.17. The summed E-state index contributed by atoms with van der Waals surface area (Å²) >= 11 is 1.75. The van der Waals surface area contributed by atoms with E-state index in [9.17, 15) is 4.79 Å². The number of hydrogen-bond acceptors (Lipinski definition) is 4. The summed E-state index contributed by atoms with van der Waals surface area (Å²) in [5.74, 6) is 1.84. The van der Waals surface area contributed by atoms with Gasteiger partial charge in [0, 0.05) is 11.3 Å². The fourth-order valence-corrected chi connectivity index (χ4v) is 3.47. The lowest BCUT2D eigenvalue weighted by atomic mass is 10.2. The summed E-state index contributed by atoms with van der Waals surface area (Å²) in [4.78, 5) is 12.0. The second kappa shape index (κ2) is 7.43. The van der Waals surface area contributed by atoms with Crippen molar-refractivity contribution in [2.75, 3.05) is 25.3 Å². The molecule has 1 aromatic carbocycles. The molecule has 1 aromatic rings. The van der Waals surface area contributed by atoms with E-state index >= 15 is 0 Å². The van der Waals surface area contributed by atoms with Gasteiger partial charge in [-0.05, 0) is 25.0 Å². The van der Waals surface area contributed by atoms with E-state index in [1.54, 1.807) is 38.1 Å². The van der Waals surface area contributed by atoms with Gasteiger partial charge in [-0.3, -0.25) is 4.79 Å². The normalized spacial score (nSPS) is 15.1. The Labute approximate surface area is 124 Å². The predicted octanol–water partition coefficient (Wildman–Crippen LogP) is 3.32. The summed E-state index contributed by atoms with van der Waals surface area (Å²) in [6.45, 7) is 0. The van der Waals surface area contributed by atoms with Crippen LogP contribution in [0.15, 0.2) is 18.2 Å². The molecule has 1 saturated carbocycles. The highest BCUT2D eigenvalue weighted by atomic mass is 32.2. The van der Waals surface area contributed by atoms with Crippen LogP contribution in [0.4, 0.5) is 5.69 Å². The minimum Gasteiger partial charge on any atom is -0.497 e. The number of methoxy groups -OCH3 is 2. The van der Waals surface area contributed by atoms with Crippen molar-refractivity contribution >= 4 is 23.4 Å². The molecule has 1 amide bonds. The smallest absolute Gasteiger partial charge is 0.234 e. The van der Waals surface area contributed by atoms with Crippen molar-refractivity contribution in [1.29, 1.82) is 0 Å². The van der Waals surface area contributed by atoms with Crippen LogP contribution >= 0.6 is 11.8 Å². The first-order valence-corrected chi connectivity index (χ1v) is 7.91. The Balaban J connectivity index is 1.91. The van der Waals surface area contributed by atoms with E-state index in [0.29, 0.717) is 28.2 Å². The maximum absolute atomic E-state index is 12.0. The molecule has 5 heteroatoms. The molecule has 110 valence electrons. The topological polar surface area (TPSA) is 47.6 Å². The molecule has 0 radical (unpaired) electrons. The maximum Gasteiger partial charge on any atom is 0.234 e. The Bertz CT molecular complexity index is 458. The zero-order valence-electron chi connectivity index (χ0n) is 12.0. The second-order valence-corrected chi connectivity index (χ2v) is 6.12. The third-order valence-electron chi connectivity index (χ3n) is 3.43. The number of ether oxygens (including phenoxy) is 2. The van der Waals surface area contributed by atoms with Crippen LogP contribution in [0.1, 0.15) is 25.7 Å². The van der Waals surface area contributed by atoms with E-state index < -0.39 is 0 Å². The van der Waals surface area contributed by atoms with Crippen LogP contribution in [-0.2, 0) is 4.79 Å². The van der Waals surface area contributed by atoms with Crippen LogP contribution in [0.5, 0.6) is 11.5 Å². The number of carbonyl (C=O) groups is 1. The molecule has 0 saturated heterocycles. The van der Waals surface area contributed by atoms with Crippen molar-refractivity contribution in [3.63, 3.8) is 0 Å². The molecule has 20 heavy (non-hydrogen) atoms. The molecule has 0 bridgehead atoms. The SMILES string of the molecule is COc1ccc(OC)c(NC(=O)CSC2CCCC2)c1. The molecule has 0 spiro atoms. The summed E-state index contributed by atoms with van der Waals surface area (Å²) in [6, 6.07) is 5.37. The number of rotatable bonds is 6. The quantitative estimate of drug-likeness (QED) is 0.874. The van der Waals surface area contributed by atoms with Crippen LogP contribution in [-0.4, -0.2) is 31.1 Å². The van der Waals surface area contributed by atoms with Crippen molar-refractivity contribution in [1.82, 2.24) is 0 Å². The van der Waals surface area contributed by atoms with Gasteiger partial charge in [-0.2, -0.15) is 0 Å². The number of amides is 1. The molecule has 1 fully saturated rings. The Morgan fingerprint density at radius 1 is 1.30 bits per heavy atom. The number of benzene rings is 1. The van der Waals surface area contributed by atoms with E-state index in [2.05, 4.69) is 5.32 Å². The molecule has 1 N–H and O–H groups in total. The summed E-state index contributed by atoms with van der Waals surface area (Å²) in [7, 11) is 3.19. The van der Waals surface area contributed by atoms with Crippen molar-refractivity contribution in [3.8, 4) is 11.5 Å². The van der Waals surface area contributed by atoms with E-state index in [1.165, 1.54) is 25.7 Å². The number of carbonyl (C=O) groups excluding carboxylic acids is 1. The molecule has 1 aliphatic carbocycles. The van der Waals surface area contributed by atoms with Gasteiger partial charge in [-0.1, -0.05) is 12.8 Å². The maximum atomic E-state index is 12.0. The molecule has 0 heterocycles. The minimum atomic E-state index is 0.00783. The van der Waals surface area contributed by atoms with Crippen molar-refractivity contribution in [3.05, 3.63) is 18.2 Å². The van der Waals surface area contributed by atoms with E-state index in [1.807, 2.05) is 6.07 Å². The summed E-state index contributed by atoms with van der Waals surface area (Å²) < 4.78 is 10.4. The van der Waals surface area contributed by atoms with Crippen LogP contribution in [0.3, 0.4) is 0 Å². The molecular formula is C15H21NO3S. The molecule has 1 aliphatic rings. The molecule has 0 aliphatic heterocycles. The number of nitrogens with one attached hydrogen (secondary N) is 1. The average Bonchev–Trinajstić information content (AvgIpc) is 2.98. The summed E-state index contributed by atoms with van der Waals surface area (Å²) in [6.07, 6.45) is 5.06. The molecular weight excluding hydrogens is 274 g/mol. The van der Waals surface area contributed by atoms with Crippen molar-refractivity contribution < 1.29 is 14.3 Å². The van der Waals surface area contributed by atoms with Crippen LogP contribution in [0.2, 0.25) is 0 Å². The van der Waals surface area contributed by atoms with Gasteiger partial charge < -0.3 is 14.8 Å². The lowest BCUT2D eigenvalue weighted by molar-refractivity contribution is -0.113. The second-order valence-electron chi connectivity index (χ2n) is 4.83. The standard InChI is InChI=1S/C15H21NO3S/c1-18-11-7-8-14(19-2)13(9-11)16-15(17)10-20-12-5-3-4-6-12/h7-9,12H,3-6,10H2,1-2H3,(H,16,17). The van der Waals surface area contributed by atoms with Crippen molar-refractivity contribution in [2.45, 2.75) is 30.9 Å². The largest absolute Gasteiger partial charge is 0.497 e. The van der Waals surface area contributed by atoms with Crippen LogP contribution in [0, 0.1) is 0 Å². The molecule has 0 aromatic heterocycles. The Hall–Kier alpha value is -1.36. The zero-order valence-corrected chi connectivity index (χ0v) is 12.8. The Morgan fingerprint density at radius 2 is 2.05 bits per heavy atom. The fraction of sp³-hybridized carbons (Fsp3) is 0.533. The van der Waals surface area contributed by atoms with Crippen LogP contribution < -0.4 is 14.8 Å². The third kappa shape index (κ3) is 4.07. The molecule has 0 atom stereocenters. The van der Waals surface area contributed by atoms with Crippen LogP contribution in [0.25, 0.3) is 0 Å². The highest BCUT2D eigenvalue weighted by Crippen LogP contribution is 2.31. The van der Waals surface area contributed by atoms with Gasteiger partial charge >= 0.3 is 0 Å². The average molecular weight is 295 g/mol.